The minimum atomic E-state index is 0.283. The lowest BCUT2D eigenvalue weighted by molar-refractivity contribution is 0.179. The zero-order valence-corrected chi connectivity index (χ0v) is 10.2. The molecule has 1 aliphatic heterocycles. The molecule has 1 aliphatic rings. The second-order valence-electron chi connectivity index (χ2n) is 4.74. The minimum absolute atomic E-state index is 0.283. The fraction of sp³-hybridized carbons (Fsp3) is 1.00. The van der Waals surface area contributed by atoms with Gasteiger partial charge < -0.3 is 15.4 Å². The maximum Gasteiger partial charge on any atom is 0.0477 e. The molecule has 0 aromatic rings. The van der Waals surface area contributed by atoms with Crippen LogP contribution in [0.2, 0.25) is 0 Å². The Kier molecular flexibility index (Phi) is 6.22. The van der Waals surface area contributed by atoms with Crippen LogP contribution < -0.4 is 5.73 Å². The molecule has 3 heteroatoms. The van der Waals surface area contributed by atoms with E-state index < -0.39 is 0 Å². The van der Waals surface area contributed by atoms with E-state index in [0.29, 0.717) is 0 Å². The van der Waals surface area contributed by atoms with Crippen molar-refractivity contribution >= 4 is 0 Å². The highest BCUT2D eigenvalue weighted by Gasteiger charge is 2.22. The first kappa shape index (κ1) is 12.9. The zero-order chi connectivity index (χ0) is 11.1. The molecule has 0 aromatic carbocycles. The maximum atomic E-state index is 6.04. The highest BCUT2D eigenvalue weighted by molar-refractivity contribution is 4.78. The van der Waals surface area contributed by atoms with Gasteiger partial charge in [0.05, 0.1) is 0 Å². The predicted octanol–water partition coefficient (Wildman–Crippen LogP) is 1.47. The second-order valence-corrected chi connectivity index (χ2v) is 4.74. The molecular weight excluding hydrogens is 188 g/mol. The summed E-state index contributed by atoms with van der Waals surface area (Å²) >= 11 is 0. The van der Waals surface area contributed by atoms with E-state index >= 15 is 0 Å². The summed E-state index contributed by atoms with van der Waals surface area (Å²) in [5, 5.41) is 0. The van der Waals surface area contributed by atoms with Crippen molar-refractivity contribution in [2.24, 2.45) is 11.7 Å². The van der Waals surface area contributed by atoms with Gasteiger partial charge in [0.2, 0.25) is 0 Å². The van der Waals surface area contributed by atoms with Crippen LogP contribution in [-0.4, -0.2) is 44.3 Å². The number of nitrogens with two attached hydrogens (primary N) is 1. The number of likely N-dealkylation sites (tertiary alicyclic amines) is 1. The van der Waals surface area contributed by atoms with E-state index in [4.69, 9.17) is 10.5 Å². The van der Waals surface area contributed by atoms with E-state index in [1.807, 2.05) is 0 Å². The Bertz CT molecular complexity index is 164. The Balaban J connectivity index is 2.12. The third-order valence-electron chi connectivity index (χ3n) is 3.25. The molecule has 15 heavy (non-hydrogen) atoms. The van der Waals surface area contributed by atoms with E-state index in [0.717, 1.165) is 25.5 Å². The molecular formula is C12H26N2O. The molecule has 0 saturated carbocycles. The van der Waals surface area contributed by atoms with Crippen LogP contribution in [-0.2, 0) is 4.74 Å². The van der Waals surface area contributed by atoms with Crippen LogP contribution in [0, 0.1) is 5.92 Å². The highest BCUT2D eigenvalue weighted by atomic mass is 16.5. The van der Waals surface area contributed by atoms with Crippen molar-refractivity contribution in [2.45, 2.75) is 38.6 Å². The van der Waals surface area contributed by atoms with Crippen molar-refractivity contribution in [3.05, 3.63) is 0 Å². The number of rotatable bonds is 7. The van der Waals surface area contributed by atoms with Gasteiger partial charge in [-0.3, -0.25) is 0 Å². The van der Waals surface area contributed by atoms with Crippen LogP contribution >= 0.6 is 0 Å². The van der Waals surface area contributed by atoms with Crippen molar-refractivity contribution in [1.82, 2.24) is 4.90 Å². The number of nitrogens with zero attached hydrogens (tertiary/aromatic N) is 1. The lowest BCUT2D eigenvalue weighted by Crippen LogP contribution is -2.37. The summed E-state index contributed by atoms with van der Waals surface area (Å²) in [6, 6.07) is 0.283. The maximum absolute atomic E-state index is 6.04. The molecule has 2 N–H and O–H groups in total. The molecule has 0 aromatic heterocycles. The number of ether oxygens (including phenoxy) is 1. The molecule has 1 rings (SSSR count). The molecule has 2 unspecified atom stereocenters. The van der Waals surface area contributed by atoms with Crippen LogP contribution in [0.15, 0.2) is 0 Å². The summed E-state index contributed by atoms with van der Waals surface area (Å²) < 4.78 is 5.04. The van der Waals surface area contributed by atoms with Gasteiger partial charge in [-0.1, -0.05) is 13.3 Å². The van der Waals surface area contributed by atoms with Crippen LogP contribution in [0.5, 0.6) is 0 Å². The lowest BCUT2D eigenvalue weighted by atomic mass is 10.0. The van der Waals surface area contributed by atoms with Gasteiger partial charge in [-0.05, 0) is 31.7 Å². The van der Waals surface area contributed by atoms with Gasteiger partial charge in [-0.15, -0.1) is 0 Å². The monoisotopic (exact) mass is 214 g/mol. The molecule has 90 valence electrons. The normalized spacial score (nSPS) is 24.6. The smallest absolute Gasteiger partial charge is 0.0477 e. The summed E-state index contributed by atoms with van der Waals surface area (Å²) in [5.74, 6) is 0.921. The Morgan fingerprint density at radius 1 is 1.53 bits per heavy atom. The predicted molar refractivity (Wildman–Crippen MR) is 63.9 cm³/mol. The molecule has 1 saturated heterocycles. The molecule has 3 nitrogen and oxygen atoms in total. The summed E-state index contributed by atoms with van der Waals surface area (Å²) in [7, 11) is 1.74. The zero-order valence-electron chi connectivity index (χ0n) is 10.2. The van der Waals surface area contributed by atoms with Crippen molar-refractivity contribution in [2.75, 3.05) is 33.4 Å². The Hall–Kier alpha value is -0.120. The van der Waals surface area contributed by atoms with Crippen LogP contribution in [0.25, 0.3) is 0 Å². The fourth-order valence-corrected chi connectivity index (χ4v) is 2.41. The molecule has 0 aliphatic carbocycles. The van der Waals surface area contributed by atoms with Crippen LogP contribution in [0.1, 0.15) is 32.6 Å². The SMILES string of the molecule is CCCC1CCN(CC(N)CCOC)C1. The molecule has 0 spiro atoms. The number of hydrogen-bond acceptors (Lipinski definition) is 3. The van der Waals surface area contributed by atoms with Gasteiger partial charge in [0.15, 0.2) is 0 Å². The largest absolute Gasteiger partial charge is 0.385 e. The van der Waals surface area contributed by atoms with Gasteiger partial charge >= 0.3 is 0 Å². The number of hydrogen-bond donors (Lipinski definition) is 1. The van der Waals surface area contributed by atoms with Crippen molar-refractivity contribution in [3.8, 4) is 0 Å². The fourth-order valence-electron chi connectivity index (χ4n) is 2.41. The Morgan fingerprint density at radius 2 is 2.33 bits per heavy atom. The van der Waals surface area contributed by atoms with Gasteiger partial charge in [-0.2, -0.15) is 0 Å². The number of methoxy groups -OCH3 is 1. The quantitative estimate of drug-likeness (QED) is 0.697. The summed E-state index contributed by atoms with van der Waals surface area (Å²) in [6.45, 7) is 6.60. The van der Waals surface area contributed by atoms with E-state index in [9.17, 15) is 0 Å². The van der Waals surface area contributed by atoms with Gasteiger partial charge in [0.25, 0.3) is 0 Å². The van der Waals surface area contributed by atoms with Gasteiger partial charge in [0, 0.05) is 32.8 Å². The first-order valence-corrected chi connectivity index (χ1v) is 6.23. The average Bonchev–Trinajstić information content (AvgIpc) is 2.63. The average molecular weight is 214 g/mol. The summed E-state index contributed by atoms with van der Waals surface area (Å²) in [6.07, 6.45) is 5.04. The van der Waals surface area contributed by atoms with E-state index in [-0.39, 0.29) is 6.04 Å². The van der Waals surface area contributed by atoms with Crippen molar-refractivity contribution in [1.29, 1.82) is 0 Å². The highest BCUT2D eigenvalue weighted by Crippen LogP contribution is 2.20. The van der Waals surface area contributed by atoms with Gasteiger partial charge in [0.1, 0.15) is 0 Å². The molecule has 0 amide bonds. The van der Waals surface area contributed by atoms with Crippen LogP contribution in [0.3, 0.4) is 0 Å². The van der Waals surface area contributed by atoms with E-state index in [1.54, 1.807) is 7.11 Å². The molecule has 0 radical (unpaired) electrons. The molecule has 1 heterocycles. The lowest BCUT2D eigenvalue weighted by Gasteiger charge is -2.20. The molecule has 1 fully saturated rings. The topological polar surface area (TPSA) is 38.5 Å². The van der Waals surface area contributed by atoms with Crippen molar-refractivity contribution < 1.29 is 4.74 Å². The third-order valence-corrected chi connectivity index (χ3v) is 3.25. The summed E-state index contributed by atoms with van der Waals surface area (Å²) in [4.78, 5) is 2.51. The standard InChI is InChI=1S/C12H26N2O/c1-3-4-11-5-7-14(9-11)10-12(13)6-8-15-2/h11-12H,3-10,13H2,1-2H3. The second kappa shape index (κ2) is 7.20. The van der Waals surface area contributed by atoms with Gasteiger partial charge in [-0.25, -0.2) is 0 Å². The Labute approximate surface area is 94.0 Å². The first-order chi connectivity index (χ1) is 7.26. The van der Waals surface area contributed by atoms with Crippen LogP contribution in [0.4, 0.5) is 0 Å². The summed E-state index contributed by atoms with van der Waals surface area (Å²) in [5.41, 5.74) is 6.04. The Morgan fingerprint density at radius 3 is 3.00 bits per heavy atom. The minimum Gasteiger partial charge on any atom is -0.385 e. The first-order valence-electron chi connectivity index (χ1n) is 6.23. The third kappa shape index (κ3) is 4.96. The van der Waals surface area contributed by atoms with E-state index in [1.165, 1.54) is 32.4 Å². The van der Waals surface area contributed by atoms with Crippen molar-refractivity contribution in [3.63, 3.8) is 0 Å². The molecule has 2 atom stereocenters. The van der Waals surface area contributed by atoms with E-state index in [2.05, 4.69) is 11.8 Å². The molecule has 0 bridgehead atoms.